The smallest absolute Gasteiger partial charge is 0.303 e. The highest BCUT2D eigenvalue weighted by Gasteiger charge is 2.54. The Labute approximate surface area is 690 Å². The molecule has 47 nitrogen and oxygen atoms in total. The van der Waals surface area contributed by atoms with Crippen LogP contribution in [0.15, 0.2) is 0 Å². The molecule has 10 amide bonds. The highest BCUT2D eigenvalue weighted by Crippen LogP contribution is 2.32. The summed E-state index contributed by atoms with van der Waals surface area (Å²) in [4.78, 5) is 253. The Balaban J connectivity index is 1.83. The number of carboxylic acid groups (broad SMARTS) is 1. The van der Waals surface area contributed by atoms with Gasteiger partial charge in [0.25, 0.3) is 0 Å². The quantitative estimate of drug-likeness (QED) is 0.0154. The molecule has 0 spiro atoms. The van der Waals surface area contributed by atoms with Crippen molar-refractivity contribution in [2.24, 2.45) is 0 Å². The second kappa shape index (κ2) is 55.1. The molecular formula is C73H113N11O36. The average molecular weight is 1720 g/mol. The van der Waals surface area contributed by atoms with Crippen LogP contribution in [-0.4, -0.2) is 325 Å². The molecule has 11 N–H and O–H groups in total. The van der Waals surface area contributed by atoms with Crippen molar-refractivity contribution in [2.75, 3.05) is 98.5 Å². The molecule has 120 heavy (non-hydrogen) atoms. The summed E-state index contributed by atoms with van der Waals surface area (Å²) >= 11 is 0. The Morgan fingerprint density at radius 3 is 0.900 bits per heavy atom. The summed E-state index contributed by atoms with van der Waals surface area (Å²) in [5, 5.41) is 34.5. The number of amides is 10. The lowest BCUT2D eigenvalue weighted by Crippen LogP contribution is -2.66. The summed E-state index contributed by atoms with van der Waals surface area (Å²) < 4.78 is 84.0. The Bertz CT molecular complexity index is 3380. The maximum absolute atomic E-state index is 14.4. The van der Waals surface area contributed by atoms with Crippen LogP contribution >= 0.6 is 0 Å². The highest BCUT2D eigenvalue weighted by molar-refractivity contribution is 5.91. The van der Waals surface area contributed by atoms with E-state index in [0.717, 1.165) is 88.0 Å². The summed E-state index contributed by atoms with van der Waals surface area (Å²) in [6, 6.07) is -5.37. The van der Waals surface area contributed by atoms with E-state index in [1.165, 1.54) is 0 Å². The van der Waals surface area contributed by atoms with Crippen LogP contribution in [0.5, 0.6) is 0 Å². The number of carbonyl (C=O) groups is 20. The molecule has 3 fully saturated rings. The second-order valence-corrected chi connectivity index (χ2v) is 27.5. The van der Waals surface area contributed by atoms with E-state index < -0.39 is 276 Å². The summed E-state index contributed by atoms with van der Waals surface area (Å²) in [7, 11) is 0. The second-order valence-electron chi connectivity index (χ2n) is 27.5. The fraction of sp³-hybridized carbons (Fsp3) is 0.726. The van der Waals surface area contributed by atoms with Gasteiger partial charge in [-0.2, -0.15) is 0 Å². The summed E-state index contributed by atoms with van der Waals surface area (Å²) in [5.74, 6) is -15.9. The lowest BCUT2D eigenvalue weighted by Gasteiger charge is -2.44. The van der Waals surface area contributed by atoms with Crippen molar-refractivity contribution in [1.82, 2.24) is 58.1 Å². The van der Waals surface area contributed by atoms with Gasteiger partial charge in [0.1, 0.15) is 56.3 Å². The van der Waals surface area contributed by atoms with Gasteiger partial charge in [-0.05, 0) is 51.4 Å². The minimum Gasteiger partial charge on any atom is -0.481 e. The molecule has 3 rings (SSSR count). The number of ether oxygens (including phenoxy) is 15. The Kier molecular flexibility index (Phi) is 47.4. The molecule has 3 aliphatic rings. The molecule has 3 saturated heterocycles. The molecule has 0 aliphatic carbocycles. The number of carboxylic acids is 1. The monoisotopic (exact) mass is 1720 g/mol. The van der Waals surface area contributed by atoms with Gasteiger partial charge in [0.05, 0.1) is 38.8 Å². The van der Waals surface area contributed by atoms with Gasteiger partial charge in [0, 0.05) is 142 Å². The molecule has 47 heteroatoms. The van der Waals surface area contributed by atoms with Crippen molar-refractivity contribution in [1.29, 1.82) is 0 Å². The first-order chi connectivity index (χ1) is 56.6. The topological polar surface area (TPSA) is 624 Å². The first-order valence-electron chi connectivity index (χ1n) is 38.5. The minimum atomic E-state index is -1.59. The first kappa shape index (κ1) is 103. The molecule has 7 unspecified atom stereocenters. The number of carbonyl (C=O) groups excluding carboxylic acids is 19. The van der Waals surface area contributed by atoms with Crippen molar-refractivity contribution in [3.8, 4) is 0 Å². The number of hydrogen-bond acceptors (Lipinski definition) is 36. The van der Waals surface area contributed by atoms with E-state index in [0.29, 0.717) is 0 Å². The van der Waals surface area contributed by atoms with Gasteiger partial charge < -0.3 is 129 Å². The highest BCUT2D eigenvalue weighted by atomic mass is 16.7. The van der Waals surface area contributed by atoms with Crippen LogP contribution in [0.1, 0.15) is 147 Å². The molecule has 0 bridgehead atoms. The zero-order valence-corrected chi connectivity index (χ0v) is 69.1. The summed E-state index contributed by atoms with van der Waals surface area (Å²) in [6.45, 7) is 7.18. The van der Waals surface area contributed by atoms with E-state index >= 15 is 0 Å². The molecular weight excluding hydrogens is 1610 g/mol. The summed E-state index contributed by atoms with van der Waals surface area (Å²) in [5.41, 5.74) is 0. The fourth-order valence-corrected chi connectivity index (χ4v) is 12.2. The van der Waals surface area contributed by atoms with Crippen molar-refractivity contribution >= 4 is 119 Å². The van der Waals surface area contributed by atoms with Crippen LogP contribution in [-0.2, 0) is 167 Å². The van der Waals surface area contributed by atoms with Gasteiger partial charge in [0.2, 0.25) is 59.1 Å². The zero-order chi connectivity index (χ0) is 89.7. The number of rotatable bonds is 52. The van der Waals surface area contributed by atoms with Crippen LogP contribution in [0.2, 0.25) is 0 Å². The molecule has 676 valence electrons. The van der Waals surface area contributed by atoms with E-state index in [1.807, 2.05) is 0 Å². The number of hydrogen-bond donors (Lipinski definition) is 11. The third-order valence-electron chi connectivity index (χ3n) is 17.0. The Morgan fingerprint density at radius 1 is 0.325 bits per heavy atom. The van der Waals surface area contributed by atoms with Crippen LogP contribution in [0.3, 0.4) is 0 Å². The first-order valence-corrected chi connectivity index (χ1v) is 38.5. The van der Waals surface area contributed by atoms with Gasteiger partial charge in [-0.3, -0.25) is 101 Å². The van der Waals surface area contributed by atoms with Gasteiger partial charge in [-0.25, -0.2) is 0 Å². The lowest BCUT2D eigenvalue weighted by atomic mass is 9.96. The maximum atomic E-state index is 14.4. The molecule has 0 aromatic carbocycles. The maximum Gasteiger partial charge on any atom is 0.303 e. The van der Waals surface area contributed by atoms with Crippen LogP contribution in [0, 0.1) is 0 Å². The largest absolute Gasteiger partial charge is 0.481 e. The third kappa shape index (κ3) is 41.7. The predicted octanol–water partition coefficient (Wildman–Crippen LogP) is -5.53. The van der Waals surface area contributed by atoms with Crippen molar-refractivity contribution < 1.29 is 172 Å². The third-order valence-corrected chi connectivity index (χ3v) is 17.0. The van der Waals surface area contributed by atoms with E-state index in [4.69, 9.17) is 76.2 Å². The number of aliphatic carboxylic acids is 1. The van der Waals surface area contributed by atoms with Gasteiger partial charge in [-0.1, -0.05) is 0 Å². The van der Waals surface area contributed by atoms with Crippen molar-refractivity contribution in [3.63, 3.8) is 0 Å². The number of unbranched alkanes of at least 4 members (excludes halogenated alkanes) is 3. The molecule has 3 heterocycles. The average Bonchev–Trinajstić information content (AvgIpc) is 0.796. The fourth-order valence-electron chi connectivity index (χ4n) is 12.2. The van der Waals surface area contributed by atoms with Crippen LogP contribution in [0.25, 0.3) is 0 Å². The van der Waals surface area contributed by atoms with Crippen LogP contribution < -0.4 is 53.2 Å². The standard InChI is InChI=1S/C73H113N11O36/c1-38(85)81-61-67(115-47(10)94)64(112-44(7)91)51(35-109-41(4)88)118-71(61)106-27-16-13-23-74-55(98)30-78-58(101)33-84(34-59(102)79-31-56(99)75-24-14-17-28-107-72-62(82-39(2)86)68(116-48(11)95)65(113-45(8)92)52(119-72)36-110-42(5)89)50(22-26-77-54(97)20-19-21-60(103)104)70(105)80-32-57(100)76-25-15-18-29-108-73-63(83-40(3)87)69(117-49(12)96)66(114-46(9)93)53(120-73)37-111-43(6)90/h50-53,61-69,71-73H,13-37H2,1-12H3,(H,74,98)(H,75,99)(H,76,100)(H,77,97)(H,78,101)(H,79,102)(H,80,105)(H,81,85)(H,82,86)(H,83,87)(H,103,104)/t50?,51?,52?,53?,61?,62?,63?,64-,65-,66-,67+,68+,69+,71+,72+,73+/m0/s1. The van der Waals surface area contributed by atoms with E-state index in [1.54, 1.807) is 0 Å². The van der Waals surface area contributed by atoms with Crippen LogP contribution in [0.4, 0.5) is 0 Å². The van der Waals surface area contributed by atoms with Gasteiger partial charge >= 0.3 is 59.7 Å². The van der Waals surface area contributed by atoms with Gasteiger partial charge in [-0.15, -0.1) is 0 Å². The number of nitrogens with one attached hydrogen (secondary N) is 10. The van der Waals surface area contributed by atoms with E-state index in [-0.39, 0.29) is 104 Å². The molecule has 0 aromatic heterocycles. The summed E-state index contributed by atoms with van der Waals surface area (Å²) in [6.07, 6.45) is -16.1. The predicted molar refractivity (Wildman–Crippen MR) is 400 cm³/mol. The van der Waals surface area contributed by atoms with E-state index in [2.05, 4.69) is 53.2 Å². The minimum absolute atomic E-state index is 0.0266. The normalized spacial score (nSPS) is 22.5. The van der Waals surface area contributed by atoms with Gasteiger partial charge in [0.15, 0.2) is 55.5 Å². The molecule has 3 aliphatic heterocycles. The van der Waals surface area contributed by atoms with Crippen molar-refractivity contribution in [2.45, 2.75) is 245 Å². The Hall–Kier alpha value is -10.9. The molecule has 0 saturated carbocycles. The zero-order valence-electron chi connectivity index (χ0n) is 69.1. The molecule has 0 radical (unpaired) electrons. The Morgan fingerprint density at radius 2 is 0.617 bits per heavy atom. The number of esters is 9. The lowest BCUT2D eigenvalue weighted by molar-refractivity contribution is -0.277. The SMILES string of the molecule is CC(=O)NC1[C@H](OCCCCNC(=O)CNC(=O)CN(CC(=O)NCC(=O)NCCCCO[C@@H]2OC(COC(C)=O)[C@H](OC(C)=O)[C@H](OC(C)=O)C2NC(C)=O)C(CCNC(=O)CCCC(=O)O)C(=O)NCC(=O)NCCCCO[C@@H]2OC(COC(C)=O)[C@H](OC(C)=O)[C@H](OC(C)=O)C2NC(C)=O)OC(COC(C)=O)[C@H](OC(C)=O)[C@@H]1OC(C)=O. The molecule has 16 atom stereocenters. The number of nitrogens with zero attached hydrogens (tertiary/aromatic N) is 1. The van der Waals surface area contributed by atoms with Crippen molar-refractivity contribution in [3.05, 3.63) is 0 Å². The molecule has 0 aromatic rings. The van der Waals surface area contributed by atoms with E-state index in [9.17, 15) is 95.9 Å².